The molecular formula is C27H30F2N8O. The van der Waals surface area contributed by atoms with Gasteiger partial charge in [0.05, 0.1) is 11.1 Å². The largest absolute Gasteiger partial charge is 0.345 e. The van der Waals surface area contributed by atoms with Gasteiger partial charge in [0.15, 0.2) is 5.82 Å². The summed E-state index contributed by atoms with van der Waals surface area (Å²) in [6.45, 7) is 5.63. The van der Waals surface area contributed by atoms with E-state index in [9.17, 15) is 9.18 Å². The molecule has 0 unspecified atom stereocenters. The number of piperidine rings is 1. The van der Waals surface area contributed by atoms with Crippen LogP contribution in [0.15, 0.2) is 43.1 Å². The minimum atomic E-state index is -0.639. The maximum Gasteiger partial charge on any atom is 0.253 e. The minimum Gasteiger partial charge on any atom is -0.345 e. The molecule has 1 fully saturated rings. The number of rotatable bonds is 6. The summed E-state index contributed by atoms with van der Waals surface area (Å²) in [5.74, 6) is -0.418. The van der Waals surface area contributed by atoms with Crippen molar-refractivity contribution in [1.29, 1.82) is 0 Å². The lowest BCUT2D eigenvalue weighted by molar-refractivity contribution is 0.0827. The molecule has 0 saturated carbocycles. The molecule has 11 heteroatoms. The third-order valence-corrected chi connectivity index (χ3v) is 7.04. The number of carbonyl (C=O) groups excluding carboxylic acids is 1. The van der Waals surface area contributed by atoms with E-state index >= 15 is 4.39 Å². The fraction of sp³-hybridized carbons (Fsp3) is 0.370. The summed E-state index contributed by atoms with van der Waals surface area (Å²) in [6, 6.07) is 4.12. The lowest BCUT2D eigenvalue weighted by atomic mass is 9.94. The average molecular weight is 521 g/mol. The van der Waals surface area contributed by atoms with Crippen molar-refractivity contribution < 1.29 is 13.6 Å². The fourth-order valence-electron chi connectivity index (χ4n) is 4.94. The Kier molecular flexibility index (Phi) is 6.92. The first-order chi connectivity index (χ1) is 18.3. The maximum absolute atomic E-state index is 15.3. The molecule has 1 saturated heterocycles. The van der Waals surface area contributed by atoms with Gasteiger partial charge in [-0.2, -0.15) is 0 Å². The monoisotopic (exact) mass is 520 g/mol. The fourth-order valence-corrected chi connectivity index (χ4v) is 4.94. The smallest absolute Gasteiger partial charge is 0.253 e. The van der Waals surface area contributed by atoms with E-state index in [1.807, 2.05) is 17.0 Å². The van der Waals surface area contributed by atoms with Crippen LogP contribution in [0.1, 0.15) is 42.2 Å². The summed E-state index contributed by atoms with van der Waals surface area (Å²) in [7, 11) is 3.19. The first-order valence-electron chi connectivity index (χ1n) is 12.6. The van der Waals surface area contributed by atoms with Gasteiger partial charge in [-0.25, -0.2) is 28.7 Å². The van der Waals surface area contributed by atoms with Gasteiger partial charge in [-0.3, -0.25) is 4.79 Å². The van der Waals surface area contributed by atoms with Gasteiger partial charge < -0.3 is 19.7 Å². The minimum absolute atomic E-state index is 0.00369. The average Bonchev–Trinajstić information content (AvgIpc) is 3.26. The van der Waals surface area contributed by atoms with Crippen molar-refractivity contribution in [2.75, 3.05) is 37.4 Å². The molecule has 198 valence electrons. The zero-order valence-corrected chi connectivity index (χ0v) is 21.8. The summed E-state index contributed by atoms with van der Waals surface area (Å²) in [5.41, 5.74) is 1.83. The number of hydrogen-bond acceptors (Lipinski definition) is 7. The van der Waals surface area contributed by atoms with Gasteiger partial charge in [0.2, 0.25) is 5.95 Å². The van der Waals surface area contributed by atoms with Gasteiger partial charge in [-0.05, 0) is 42.5 Å². The number of nitrogens with zero attached hydrogens (tertiary/aromatic N) is 7. The number of anilines is 3. The summed E-state index contributed by atoms with van der Waals surface area (Å²) < 4.78 is 32.0. The summed E-state index contributed by atoms with van der Waals surface area (Å²) >= 11 is 0. The molecule has 1 aromatic carbocycles. The molecule has 9 nitrogen and oxygen atoms in total. The van der Waals surface area contributed by atoms with Crippen molar-refractivity contribution in [1.82, 2.24) is 29.4 Å². The summed E-state index contributed by atoms with van der Waals surface area (Å²) in [5, 5.41) is 3.08. The van der Waals surface area contributed by atoms with Crippen LogP contribution in [0.3, 0.4) is 0 Å². The highest BCUT2D eigenvalue weighted by atomic mass is 19.1. The van der Waals surface area contributed by atoms with E-state index in [-0.39, 0.29) is 40.3 Å². The number of aromatic nitrogens is 5. The van der Waals surface area contributed by atoms with Gasteiger partial charge >= 0.3 is 0 Å². The van der Waals surface area contributed by atoms with Gasteiger partial charge in [-0.1, -0.05) is 13.8 Å². The molecule has 4 heterocycles. The number of halogens is 2. The van der Waals surface area contributed by atoms with E-state index in [0.29, 0.717) is 11.6 Å². The second-order valence-corrected chi connectivity index (χ2v) is 9.85. The van der Waals surface area contributed by atoms with Crippen molar-refractivity contribution in [2.45, 2.75) is 32.7 Å². The quantitative estimate of drug-likeness (QED) is 0.397. The number of fused-ring (bicyclic) bond motifs is 1. The molecule has 0 aliphatic carbocycles. The normalized spacial score (nSPS) is 17.6. The Labute approximate surface area is 219 Å². The topological polar surface area (TPSA) is 92.1 Å². The second kappa shape index (κ2) is 10.3. The van der Waals surface area contributed by atoms with Gasteiger partial charge in [0, 0.05) is 57.4 Å². The molecule has 1 aliphatic rings. The third kappa shape index (κ3) is 4.75. The molecule has 0 radical (unpaired) electrons. The number of aryl methyl sites for hydroxylation is 1. The van der Waals surface area contributed by atoms with Crippen molar-refractivity contribution in [3.05, 3.63) is 65.9 Å². The lowest BCUT2D eigenvalue weighted by Gasteiger charge is -2.37. The summed E-state index contributed by atoms with van der Waals surface area (Å²) in [6.07, 6.45) is 8.14. The molecule has 3 aromatic heterocycles. The van der Waals surface area contributed by atoms with E-state index in [4.69, 9.17) is 0 Å². The number of amides is 1. The lowest BCUT2D eigenvalue weighted by Crippen LogP contribution is -2.41. The Balaban J connectivity index is 1.39. The predicted octanol–water partition coefficient (Wildman–Crippen LogP) is 4.59. The Hall–Kier alpha value is -4.15. The maximum atomic E-state index is 15.3. The molecule has 1 aliphatic heterocycles. The molecule has 0 spiro atoms. The first kappa shape index (κ1) is 25.5. The Morgan fingerprint density at radius 3 is 2.55 bits per heavy atom. The van der Waals surface area contributed by atoms with Crippen molar-refractivity contribution in [3.63, 3.8) is 0 Å². The van der Waals surface area contributed by atoms with E-state index < -0.39 is 11.6 Å². The number of benzene rings is 1. The van der Waals surface area contributed by atoms with E-state index in [0.717, 1.165) is 37.6 Å². The molecule has 5 rings (SSSR count). The van der Waals surface area contributed by atoms with Crippen LogP contribution >= 0.6 is 0 Å². The highest BCUT2D eigenvalue weighted by molar-refractivity contribution is 5.95. The van der Waals surface area contributed by atoms with Crippen LogP contribution < -0.4 is 10.2 Å². The van der Waals surface area contributed by atoms with Gasteiger partial charge in [0.25, 0.3) is 5.91 Å². The number of nitrogens with one attached hydrogen (secondary N) is 1. The van der Waals surface area contributed by atoms with Gasteiger partial charge in [-0.15, -0.1) is 0 Å². The third-order valence-electron chi connectivity index (χ3n) is 7.04. The molecule has 0 bridgehead atoms. The van der Waals surface area contributed by atoms with Crippen LogP contribution in [0.4, 0.5) is 26.2 Å². The van der Waals surface area contributed by atoms with Crippen LogP contribution in [0.25, 0.3) is 11.0 Å². The highest BCUT2D eigenvalue weighted by Crippen LogP contribution is 2.35. The standard InChI is InChI=1S/C27H30F2N8O/c1-5-17-11-30-27(31-12-17)36-9-8-22(16(2)13-36)37-14-20(29)23-24(32-15-33-25(23)37)34-21-7-6-18(10-19(21)28)26(38)35(3)4/h6-7,10-12,14-16,22H,5,8-9,13H2,1-4H3,(H,32,33,34)/t16-,22+/m0/s1. The van der Waals surface area contributed by atoms with Gasteiger partial charge in [0.1, 0.15) is 23.6 Å². The van der Waals surface area contributed by atoms with Crippen LogP contribution in [-0.4, -0.2) is 62.5 Å². The van der Waals surface area contributed by atoms with Crippen LogP contribution in [0.5, 0.6) is 0 Å². The first-order valence-corrected chi connectivity index (χ1v) is 12.6. The highest BCUT2D eigenvalue weighted by Gasteiger charge is 2.31. The Morgan fingerprint density at radius 1 is 1.13 bits per heavy atom. The zero-order valence-electron chi connectivity index (χ0n) is 21.8. The van der Waals surface area contributed by atoms with E-state index in [1.165, 1.54) is 29.6 Å². The molecule has 4 aromatic rings. The number of carbonyl (C=O) groups is 1. The molecule has 38 heavy (non-hydrogen) atoms. The van der Waals surface area contributed by atoms with Crippen molar-refractivity contribution in [3.8, 4) is 0 Å². The van der Waals surface area contributed by atoms with Crippen molar-refractivity contribution >= 4 is 34.4 Å². The Bertz CT molecular complexity index is 1470. The molecular weight excluding hydrogens is 490 g/mol. The van der Waals surface area contributed by atoms with Crippen LogP contribution in [0.2, 0.25) is 0 Å². The second-order valence-electron chi connectivity index (χ2n) is 9.85. The summed E-state index contributed by atoms with van der Waals surface area (Å²) in [4.78, 5) is 33.3. The zero-order chi connectivity index (χ0) is 27.0. The molecule has 1 amide bonds. The number of hydrogen-bond donors (Lipinski definition) is 1. The predicted molar refractivity (Wildman–Crippen MR) is 142 cm³/mol. The molecule has 2 atom stereocenters. The van der Waals surface area contributed by atoms with Crippen LogP contribution in [0, 0.1) is 17.6 Å². The molecule has 1 N–H and O–H groups in total. The van der Waals surface area contributed by atoms with Crippen LogP contribution in [-0.2, 0) is 6.42 Å². The SMILES string of the molecule is CCc1cnc(N2CC[C@@H](n3cc(F)c4c(Nc5ccc(C(=O)N(C)C)cc5F)ncnc43)[C@@H](C)C2)nc1. The van der Waals surface area contributed by atoms with Crippen molar-refractivity contribution in [2.24, 2.45) is 5.92 Å². The van der Waals surface area contributed by atoms with E-state index in [2.05, 4.69) is 44.0 Å². The Morgan fingerprint density at radius 2 is 1.89 bits per heavy atom. The van der Waals surface area contributed by atoms with E-state index in [1.54, 1.807) is 14.1 Å².